The summed E-state index contributed by atoms with van der Waals surface area (Å²) in [6, 6.07) is 75.7. The minimum atomic E-state index is -0.0724. The van der Waals surface area contributed by atoms with Crippen LogP contribution in [0.5, 0.6) is 0 Å². The van der Waals surface area contributed by atoms with E-state index >= 15 is 0 Å². The molecule has 0 saturated heterocycles. The first kappa shape index (κ1) is 56.5. The van der Waals surface area contributed by atoms with Gasteiger partial charge in [0.1, 0.15) is 0 Å². The Morgan fingerprint density at radius 1 is 0.274 bits per heavy atom. The van der Waals surface area contributed by atoms with Crippen LogP contribution in [0.1, 0.15) is 158 Å². The van der Waals surface area contributed by atoms with E-state index in [0.29, 0.717) is 0 Å². The molecule has 12 rings (SSSR count). The Kier molecular flexibility index (Phi) is 13.4. The first-order valence-corrected chi connectivity index (χ1v) is 30.6. The fourth-order valence-corrected chi connectivity index (χ4v) is 12.7. The van der Waals surface area contributed by atoms with Crippen molar-refractivity contribution in [2.75, 3.05) is 4.90 Å². The first-order valence-electron chi connectivity index (χ1n) is 30.6. The molecule has 0 saturated carbocycles. The first-order chi connectivity index (χ1) is 39.4. The maximum atomic E-state index is 2.57. The molecule has 2 nitrogen and oxygen atoms in total. The van der Waals surface area contributed by atoms with Crippen molar-refractivity contribution in [3.63, 3.8) is 0 Å². The van der Waals surface area contributed by atoms with Gasteiger partial charge < -0.3 is 9.47 Å². The minimum absolute atomic E-state index is 0.0106. The Bertz CT molecular complexity index is 4430. The second-order valence-corrected chi connectivity index (χ2v) is 30.5. The highest BCUT2D eigenvalue weighted by Crippen LogP contribution is 2.50. The van der Waals surface area contributed by atoms with Gasteiger partial charge in [0.05, 0.1) is 28.1 Å². The molecule has 0 radical (unpaired) electrons. The van der Waals surface area contributed by atoms with Gasteiger partial charge in [-0.3, -0.25) is 0 Å². The molecule has 0 unspecified atom stereocenters. The van der Waals surface area contributed by atoms with Crippen LogP contribution in [0, 0.1) is 0 Å². The molecule has 0 aliphatic heterocycles. The van der Waals surface area contributed by atoms with Crippen LogP contribution >= 0.6 is 0 Å². The fourth-order valence-electron chi connectivity index (χ4n) is 12.7. The second kappa shape index (κ2) is 19.8. The molecular formula is C82H86N2. The Hall–Kier alpha value is -7.94. The molecule has 84 heavy (non-hydrogen) atoms. The lowest BCUT2D eigenvalue weighted by Crippen LogP contribution is -2.15. The number of benzene rings is 11. The van der Waals surface area contributed by atoms with Crippen LogP contribution in [0.4, 0.5) is 17.1 Å². The Morgan fingerprint density at radius 3 is 1.24 bits per heavy atom. The summed E-state index contributed by atoms with van der Waals surface area (Å²) in [6.45, 7) is 41.7. The molecule has 12 aromatic rings. The molecule has 0 bridgehead atoms. The third-order valence-electron chi connectivity index (χ3n) is 18.1. The second-order valence-electron chi connectivity index (χ2n) is 30.5. The average molecular weight is 1100 g/mol. The van der Waals surface area contributed by atoms with Crippen molar-refractivity contribution in [2.24, 2.45) is 0 Å². The SMILES string of the molecule is CC(C)(C)c1ccc(-c2cc(-c3cccc(N(c4ccc(C(C)(C)C)cc4-c4ccc(C(C)(C)C)cc4)c4ccc5ccc6c(-n7c8ccc(C(C)(C)C)cc8c8cc(C(C)(C)C)ccc87)ccc7ccc4c5c76)c3)cc(C(C)(C)C)c2)cc1. The summed E-state index contributed by atoms with van der Waals surface area (Å²) < 4.78 is 2.54. The molecule has 2 heteroatoms. The zero-order valence-corrected chi connectivity index (χ0v) is 53.4. The lowest BCUT2D eigenvalue weighted by molar-refractivity contribution is 0.589. The van der Waals surface area contributed by atoms with E-state index in [0.717, 1.165) is 17.1 Å². The molecule has 0 N–H and O–H groups in total. The van der Waals surface area contributed by atoms with Gasteiger partial charge in [-0.05, 0) is 182 Å². The van der Waals surface area contributed by atoms with Crippen LogP contribution in [-0.4, -0.2) is 4.57 Å². The summed E-state index contributed by atoms with van der Waals surface area (Å²) in [6.07, 6.45) is 0. The number of nitrogens with zero attached hydrogens (tertiary/aromatic N) is 2. The molecule has 0 aliphatic carbocycles. The topological polar surface area (TPSA) is 8.17 Å². The van der Waals surface area contributed by atoms with Crippen molar-refractivity contribution in [1.29, 1.82) is 0 Å². The summed E-state index contributed by atoms with van der Waals surface area (Å²) in [4.78, 5) is 2.57. The quantitative estimate of drug-likeness (QED) is 0.144. The lowest BCUT2D eigenvalue weighted by atomic mass is 9.82. The summed E-state index contributed by atoms with van der Waals surface area (Å²) in [5.41, 5.74) is 22.2. The summed E-state index contributed by atoms with van der Waals surface area (Å²) in [5.74, 6) is 0. The molecule has 0 amide bonds. The maximum absolute atomic E-state index is 2.57. The zero-order valence-electron chi connectivity index (χ0n) is 53.4. The van der Waals surface area contributed by atoms with Crippen LogP contribution in [0.15, 0.2) is 194 Å². The van der Waals surface area contributed by atoms with Gasteiger partial charge in [-0.15, -0.1) is 0 Å². The summed E-state index contributed by atoms with van der Waals surface area (Å²) in [7, 11) is 0. The minimum Gasteiger partial charge on any atom is -0.309 e. The van der Waals surface area contributed by atoms with Crippen molar-refractivity contribution in [3.8, 4) is 39.1 Å². The van der Waals surface area contributed by atoms with Gasteiger partial charge in [0.2, 0.25) is 0 Å². The molecule has 424 valence electrons. The number of hydrogen-bond donors (Lipinski definition) is 0. The summed E-state index contributed by atoms with van der Waals surface area (Å²) in [5, 5.41) is 10.1. The van der Waals surface area contributed by atoms with Crippen molar-refractivity contribution in [1.82, 2.24) is 4.57 Å². The number of hydrogen-bond acceptors (Lipinski definition) is 1. The average Bonchev–Trinajstić information content (AvgIpc) is 1.39. The number of anilines is 3. The van der Waals surface area contributed by atoms with Gasteiger partial charge in [-0.1, -0.05) is 252 Å². The highest BCUT2D eigenvalue weighted by atomic mass is 15.1. The van der Waals surface area contributed by atoms with E-state index in [4.69, 9.17) is 0 Å². The van der Waals surface area contributed by atoms with Gasteiger partial charge in [-0.25, -0.2) is 0 Å². The standard InChI is InChI=1S/C82H86N2/c1-77(2,3)58-30-22-51(23-31-58)56-44-57(46-63(45-56)82(16,17)18)55-20-19-21-64(47-55)83(72-41-34-60(79(7,8)9)48-67(72)52-24-32-59(33-25-52)78(4,5)6)70-39-28-53-27-38-66-71(40-29-54-26-37-65(70)75(53)76(54)66)84-73-42-35-61(80(10,11)12)49-68(73)69-50-62(81(13,14)15)36-43-74(69)84/h19-50H,1-18H3. The van der Waals surface area contributed by atoms with E-state index in [9.17, 15) is 0 Å². The summed E-state index contributed by atoms with van der Waals surface area (Å²) >= 11 is 0. The van der Waals surface area contributed by atoms with E-state index in [1.807, 2.05) is 0 Å². The predicted molar refractivity (Wildman–Crippen MR) is 368 cm³/mol. The van der Waals surface area contributed by atoms with Crippen molar-refractivity contribution in [2.45, 2.75) is 157 Å². The fraction of sp³-hybridized carbons (Fsp3) is 0.293. The molecule has 1 heterocycles. The molecule has 11 aromatic carbocycles. The molecule has 0 atom stereocenters. The monoisotopic (exact) mass is 1100 g/mol. The van der Waals surface area contributed by atoms with Crippen LogP contribution < -0.4 is 4.90 Å². The Morgan fingerprint density at radius 2 is 0.702 bits per heavy atom. The van der Waals surface area contributed by atoms with Crippen molar-refractivity contribution in [3.05, 3.63) is 228 Å². The van der Waals surface area contributed by atoms with Gasteiger partial charge >= 0.3 is 0 Å². The molecule has 0 fully saturated rings. The van der Waals surface area contributed by atoms with E-state index in [1.54, 1.807) is 0 Å². The zero-order chi connectivity index (χ0) is 59.8. The van der Waals surface area contributed by atoms with Crippen LogP contribution in [-0.2, 0) is 32.5 Å². The van der Waals surface area contributed by atoms with E-state index in [-0.39, 0.29) is 32.5 Å². The number of aromatic nitrogens is 1. The van der Waals surface area contributed by atoms with E-state index in [1.165, 1.54) is 127 Å². The molecule has 0 spiro atoms. The van der Waals surface area contributed by atoms with Crippen molar-refractivity contribution >= 4 is 71.2 Å². The smallest absolute Gasteiger partial charge is 0.0541 e. The van der Waals surface area contributed by atoms with Crippen molar-refractivity contribution < 1.29 is 0 Å². The van der Waals surface area contributed by atoms with Gasteiger partial charge in [0.15, 0.2) is 0 Å². The highest BCUT2D eigenvalue weighted by Gasteiger charge is 2.28. The molecule has 0 aliphatic rings. The van der Waals surface area contributed by atoms with Gasteiger partial charge in [0, 0.05) is 32.8 Å². The van der Waals surface area contributed by atoms with Gasteiger partial charge in [-0.2, -0.15) is 0 Å². The third kappa shape index (κ3) is 10.2. The molecule has 1 aromatic heterocycles. The highest BCUT2D eigenvalue weighted by molar-refractivity contribution is 6.27. The maximum Gasteiger partial charge on any atom is 0.0541 e. The number of rotatable bonds is 7. The van der Waals surface area contributed by atoms with Crippen LogP contribution in [0.3, 0.4) is 0 Å². The van der Waals surface area contributed by atoms with E-state index in [2.05, 4.69) is 328 Å². The third-order valence-corrected chi connectivity index (χ3v) is 18.1. The number of fused-ring (bicyclic) bond motifs is 3. The van der Waals surface area contributed by atoms with Gasteiger partial charge in [0.25, 0.3) is 0 Å². The largest absolute Gasteiger partial charge is 0.309 e. The molecular weight excluding hydrogens is 1010 g/mol. The van der Waals surface area contributed by atoms with Crippen LogP contribution in [0.2, 0.25) is 0 Å². The predicted octanol–water partition coefficient (Wildman–Crippen LogP) is 23.9. The van der Waals surface area contributed by atoms with E-state index < -0.39 is 0 Å². The Balaban J connectivity index is 1.12. The Labute approximate surface area is 501 Å². The normalized spacial score (nSPS) is 13.1. The van der Waals surface area contributed by atoms with Crippen LogP contribution in [0.25, 0.3) is 93.2 Å². The lowest BCUT2D eigenvalue weighted by Gasteiger charge is -2.31.